The molecule has 0 spiro atoms. The van der Waals surface area contributed by atoms with E-state index in [0.29, 0.717) is 12.3 Å². The van der Waals surface area contributed by atoms with Gasteiger partial charge in [-0.1, -0.05) is 25.3 Å². The number of aromatic nitrogens is 2. The summed E-state index contributed by atoms with van der Waals surface area (Å²) < 4.78 is 0. The lowest BCUT2D eigenvalue weighted by molar-refractivity contribution is 0.431. The Morgan fingerprint density at radius 1 is 1.26 bits per heavy atom. The second-order valence-electron chi connectivity index (χ2n) is 5.47. The number of fused-ring (bicyclic) bond motifs is 1. The number of nitriles is 1. The Labute approximate surface area is 113 Å². The van der Waals surface area contributed by atoms with E-state index in [2.05, 4.69) is 29.3 Å². The molecule has 1 aromatic carbocycles. The van der Waals surface area contributed by atoms with Gasteiger partial charge in [0.05, 0.1) is 17.1 Å². The zero-order chi connectivity index (χ0) is 13.1. The van der Waals surface area contributed by atoms with Crippen molar-refractivity contribution in [2.75, 3.05) is 0 Å². The summed E-state index contributed by atoms with van der Waals surface area (Å²) in [5, 5.41) is 8.64. The van der Waals surface area contributed by atoms with Crippen LogP contribution in [0.25, 0.3) is 11.0 Å². The van der Waals surface area contributed by atoms with Gasteiger partial charge in [-0.2, -0.15) is 5.26 Å². The van der Waals surface area contributed by atoms with Gasteiger partial charge >= 0.3 is 0 Å². The average Bonchev–Trinajstić information content (AvgIpc) is 2.89. The number of aryl methyl sites for hydroxylation is 1. The van der Waals surface area contributed by atoms with Crippen molar-refractivity contribution in [3.05, 3.63) is 29.6 Å². The number of aromatic amines is 1. The number of H-pyrrole nitrogens is 1. The minimum absolute atomic E-state index is 0.578. The van der Waals surface area contributed by atoms with Crippen LogP contribution in [0.3, 0.4) is 0 Å². The smallest absolute Gasteiger partial charge is 0.110 e. The molecule has 0 saturated heterocycles. The average molecular weight is 253 g/mol. The molecule has 98 valence electrons. The van der Waals surface area contributed by atoms with Crippen LogP contribution in [0.15, 0.2) is 18.2 Å². The third kappa shape index (κ3) is 2.63. The maximum atomic E-state index is 8.64. The van der Waals surface area contributed by atoms with Gasteiger partial charge in [0, 0.05) is 12.3 Å². The van der Waals surface area contributed by atoms with E-state index < -0.39 is 0 Å². The van der Waals surface area contributed by atoms with Crippen LogP contribution >= 0.6 is 0 Å². The van der Waals surface area contributed by atoms with Crippen LogP contribution in [0.1, 0.15) is 55.8 Å². The highest BCUT2D eigenvalue weighted by atomic mass is 14.9. The van der Waals surface area contributed by atoms with E-state index in [-0.39, 0.29) is 0 Å². The molecule has 0 radical (unpaired) electrons. The standard InChI is InChI=1S/C16H19N3/c17-10-4-5-12-8-9-14-15(11-12)19-16(18-14)13-6-2-1-3-7-13/h8-9,11,13H,1-7H2,(H,18,19). The first kappa shape index (κ1) is 12.2. The summed E-state index contributed by atoms with van der Waals surface area (Å²) >= 11 is 0. The van der Waals surface area contributed by atoms with Crippen molar-refractivity contribution < 1.29 is 0 Å². The van der Waals surface area contributed by atoms with Crippen LogP contribution in [0.2, 0.25) is 0 Å². The molecule has 3 heteroatoms. The van der Waals surface area contributed by atoms with Gasteiger partial charge in [0.25, 0.3) is 0 Å². The van der Waals surface area contributed by atoms with Crippen LogP contribution in [0.5, 0.6) is 0 Å². The van der Waals surface area contributed by atoms with E-state index in [0.717, 1.165) is 23.3 Å². The van der Waals surface area contributed by atoms with Crippen molar-refractivity contribution in [2.45, 2.75) is 50.9 Å². The fraction of sp³-hybridized carbons (Fsp3) is 0.500. The second kappa shape index (κ2) is 5.44. The highest BCUT2D eigenvalue weighted by Crippen LogP contribution is 2.32. The maximum Gasteiger partial charge on any atom is 0.110 e. The van der Waals surface area contributed by atoms with E-state index in [1.807, 2.05) is 0 Å². The Bertz CT molecular complexity index is 600. The lowest BCUT2D eigenvalue weighted by Crippen LogP contribution is -2.05. The topological polar surface area (TPSA) is 52.5 Å². The maximum absolute atomic E-state index is 8.64. The Kier molecular flexibility index (Phi) is 3.50. The molecule has 1 heterocycles. The lowest BCUT2D eigenvalue weighted by atomic mass is 9.89. The highest BCUT2D eigenvalue weighted by molar-refractivity contribution is 5.76. The number of hydrogen-bond acceptors (Lipinski definition) is 2. The molecule has 19 heavy (non-hydrogen) atoms. The fourth-order valence-electron chi connectivity index (χ4n) is 3.00. The van der Waals surface area contributed by atoms with Crippen molar-refractivity contribution in [1.82, 2.24) is 9.97 Å². The molecule has 3 nitrogen and oxygen atoms in total. The molecular weight excluding hydrogens is 234 g/mol. The van der Waals surface area contributed by atoms with Crippen LogP contribution < -0.4 is 0 Å². The molecule has 1 aromatic heterocycles. The van der Waals surface area contributed by atoms with Gasteiger partial charge in [-0.15, -0.1) is 0 Å². The van der Waals surface area contributed by atoms with Gasteiger partial charge < -0.3 is 4.98 Å². The number of rotatable bonds is 3. The van der Waals surface area contributed by atoms with E-state index in [1.165, 1.54) is 37.7 Å². The molecule has 2 aromatic rings. The largest absolute Gasteiger partial charge is 0.342 e. The predicted molar refractivity (Wildman–Crippen MR) is 75.9 cm³/mol. The molecule has 0 aliphatic heterocycles. The molecule has 0 bridgehead atoms. The zero-order valence-corrected chi connectivity index (χ0v) is 11.2. The van der Waals surface area contributed by atoms with E-state index in [9.17, 15) is 0 Å². The normalized spacial score (nSPS) is 16.6. The van der Waals surface area contributed by atoms with E-state index >= 15 is 0 Å². The second-order valence-corrected chi connectivity index (χ2v) is 5.47. The minimum atomic E-state index is 0.578. The van der Waals surface area contributed by atoms with Crippen molar-refractivity contribution >= 4 is 11.0 Å². The Hall–Kier alpha value is -1.82. The van der Waals surface area contributed by atoms with E-state index in [4.69, 9.17) is 10.2 Å². The molecule has 1 aliphatic carbocycles. The van der Waals surface area contributed by atoms with Crippen molar-refractivity contribution in [3.63, 3.8) is 0 Å². The first-order chi connectivity index (χ1) is 9.36. The quantitative estimate of drug-likeness (QED) is 0.896. The first-order valence-electron chi connectivity index (χ1n) is 7.22. The van der Waals surface area contributed by atoms with Crippen molar-refractivity contribution in [3.8, 4) is 6.07 Å². The van der Waals surface area contributed by atoms with Gasteiger partial charge in [0.15, 0.2) is 0 Å². The molecule has 3 rings (SSSR count). The van der Waals surface area contributed by atoms with Gasteiger partial charge in [-0.25, -0.2) is 4.98 Å². The lowest BCUT2D eigenvalue weighted by Gasteiger charge is -2.18. The number of imidazole rings is 1. The van der Waals surface area contributed by atoms with Gasteiger partial charge in [-0.3, -0.25) is 0 Å². The number of nitrogens with zero attached hydrogens (tertiary/aromatic N) is 2. The summed E-state index contributed by atoms with van der Waals surface area (Å²) in [5.41, 5.74) is 3.39. The molecule has 1 N–H and O–H groups in total. The molecule has 1 aliphatic rings. The van der Waals surface area contributed by atoms with Gasteiger partial charge in [0.1, 0.15) is 5.82 Å². The van der Waals surface area contributed by atoms with Crippen molar-refractivity contribution in [1.29, 1.82) is 5.26 Å². The fourth-order valence-corrected chi connectivity index (χ4v) is 3.00. The predicted octanol–water partition coefficient (Wildman–Crippen LogP) is 4.07. The summed E-state index contributed by atoms with van der Waals surface area (Å²) in [5.74, 6) is 1.77. The highest BCUT2D eigenvalue weighted by Gasteiger charge is 2.18. The molecule has 0 amide bonds. The summed E-state index contributed by atoms with van der Waals surface area (Å²) in [6, 6.07) is 8.50. The SMILES string of the molecule is N#CCCc1ccc2nc(C3CCCCC3)[nH]c2c1. The Morgan fingerprint density at radius 3 is 2.89 bits per heavy atom. The van der Waals surface area contributed by atoms with Gasteiger partial charge in [0.2, 0.25) is 0 Å². The van der Waals surface area contributed by atoms with Crippen LogP contribution in [0.4, 0.5) is 0 Å². The first-order valence-corrected chi connectivity index (χ1v) is 7.22. The minimum Gasteiger partial charge on any atom is -0.342 e. The summed E-state index contributed by atoms with van der Waals surface area (Å²) in [6.45, 7) is 0. The molecule has 0 unspecified atom stereocenters. The molecule has 0 atom stereocenters. The molecule has 1 fully saturated rings. The zero-order valence-electron chi connectivity index (χ0n) is 11.2. The number of nitrogens with one attached hydrogen (secondary N) is 1. The monoisotopic (exact) mass is 253 g/mol. The van der Waals surface area contributed by atoms with Crippen LogP contribution in [0, 0.1) is 11.3 Å². The van der Waals surface area contributed by atoms with Crippen LogP contribution in [-0.2, 0) is 6.42 Å². The molecule has 1 saturated carbocycles. The number of hydrogen-bond donors (Lipinski definition) is 1. The third-order valence-electron chi connectivity index (χ3n) is 4.08. The van der Waals surface area contributed by atoms with Crippen LogP contribution in [-0.4, -0.2) is 9.97 Å². The molecular formula is C16H19N3. The number of benzene rings is 1. The summed E-state index contributed by atoms with van der Waals surface area (Å²) in [6.07, 6.45) is 7.96. The van der Waals surface area contributed by atoms with Gasteiger partial charge in [-0.05, 0) is 37.0 Å². The van der Waals surface area contributed by atoms with E-state index in [1.54, 1.807) is 0 Å². The summed E-state index contributed by atoms with van der Waals surface area (Å²) in [7, 11) is 0. The summed E-state index contributed by atoms with van der Waals surface area (Å²) in [4.78, 5) is 8.23. The Morgan fingerprint density at radius 2 is 2.11 bits per heavy atom. The van der Waals surface area contributed by atoms with Crippen molar-refractivity contribution in [2.24, 2.45) is 0 Å². The Balaban J connectivity index is 1.85. The third-order valence-corrected chi connectivity index (χ3v) is 4.08.